The molecule has 0 heterocycles. The summed E-state index contributed by atoms with van der Waals surface area (Å²) in [6.07, 6.45) is -2.43. The number of rotatable bonds is 9. The third kappa shape index (κ3) is 7.78. The molecular formula is C16H25F2N3O2. The van der Waals surface area contributed by atoms with Crippen LogP contribution in [0.1, 0.15) is 18.1 Å². The number of hydrogen-bond acceptors (Lipinski definition) is 3. The zero-order valence-corrected chi connectivity index (χ0v) is 13.9. The van der Waals surface area contributed by atoms with E-state index < -0.39 is 13.0 Å². The highest BCUT2D eigenvalue weighted by atomic mass is 19.3. The van der Waals surface area contributed by atoms with Crippen LogP contribution < -0.4 is 15.4 Å². The Morgan fingerprint density at radius 2 is 2.04 bits per heavy atom. The Balaban J connectivity index is 2.60. The van der Waals surface area contributed by atoms with E-state index >= 15 is 0 Å². The van der Waals surface area contributed by atoms with Crippen LogP contribution in [0.3, 0.4) is 0 Å². The summed E-state index contributed by atoms with van der Waals surface area (Å²) in [4.78, 5) is 3.91. The largest absolute Gasteiger partial charge is 0.491 e. The highest BCUT2D eigenvalue weighted by Crippen LogP contribution is 2.20. The van der Waals surface area contributed by atoms with Crippen LogP contribution in [0.4, 0.5) is 8.78 Å². The van der Waals surface area contributed by atoms with Crippen molar-refractivity contribution in [2.45, 2.75) is 26.8 Å². The molecule has 0 saturated heterocycles. The van der Waals surface area contributed by atoms with Gasteiger partial charge in [-0.2, -0.15) is 0 Å². The molecule has 130 valence electrons. The third-order valence-corrected chi connectivity index (χ3v) is 3.01. The Hall–Kier alpha value is -1.89. The minimum absolute atomic E-state index is 0.325. The second-order valence-corrected chi connectivity index (χ2v) is 4.85. The van der Waals surface area contributed by atoms with Crippen molar-refractivity contribution in [1.29, 1.82) is 0 Å². The van der Waals surface area contributed by atoms with Gasteiger partial charge in [-0.15, -0.1) is 0 Å². The first-order valence-electron chi connectivity index (χ1n) is 7.59. The fourth-order valence-electron chi connectivity index (χ4n) is 1.87. The number of aryl methyl sites for hydroxylation is 1. The fraction of sp³-hybridized carbons (Fsp3) is 0.562. The number of nitrogens with zero attached hydrogens (tertiary/aromatic N) is 1. The van der Waals surface area contributed by atoms with E-state index in [4.69, 9.17) is 9.47 Å². The number of alkyl halides is 2. The SMILES string of the molecule is CCOCCOc1cc(C)ccc1CNC(=NC)NCC(F)F. The maximum absolute atomic E-state index is 12.2. The van der Waals surface area contributed by atoms with Gasteiger partial charge in [-0.05, 0) is 25.5 Å². The van der Waals surface area contributed by atoms with Gasteiger partial charge in [0.2, 0.25) is 0 Å². The van der Waals surface area contributed by atoms with Crippen LogP contribution in [0.15, 0.2) is 23.2 Å². The molecule has 0 aliphatic rings. The van der Waals surface area contributed by atoms with Crippen LogP contribution in [0, 0.1) is 6.92 Å². The minimum atomic E-state index is -2.43. The highest BCUT2D eigenvalue weighted by Gasteiger charge is 2.07. The summed E-state index contributed by atoms with van der Waals surface area (Å²) >= 11 is 0. The van der Waals surface area contributed by atoms with Crippen LogP contribution in [0.2, 0.25) is 0 Å². The van der Waals surface area contributed by atoms with Crippen LogP contribution in [0.25, 0.3) is 0 Å². The first-order valence-corrected chi connectivity index (χ1v) is 7.59. The van der Waals surface area contributed by atoms with Crippen molar-refractivity contribution in [3.63, 3.8) is 0 Å². The smallest absolute Gasteiger partial charge is 0.255 e. The van der Waals surface area contributed by atoms with Gasteiger partial charge >= 0.3 is 0 Å². The van der Waals surface area contributed by atoms with Gasteiger partial charge < -0.3 is 20.1 Å². The molecule has 1 rings (SSSR count). The molecule has 0 atom stereocenters. The van der Waals surface area contributed by atoms with Gasteiger partial charge in [0.1, 0.15) is 12.4 Å². The Labute approximate surface area is 136 Å². The summed E-state index contributed by atoms with van der Waals surface area (Å²) in [5, 5.41) is 5.55. The van der Waals surface area contributed by atoms with Crippen molar-refractivity contribution >= 4 is 5.96 Å². The number of guanidine groups is 1. The molecule has 0 saturated carbocycles. The molecular weight excluding hydrogens is 304 g/mol. The number of halogens is 2. The topological polar surface area (TPSA) is 54.9 Å². The lowest BCUT2D eigenvalue weighted by atomic mass is 10.1. The average Bonchev–Trinajstić information content (AvgIpc) is 2.53. The van der Waals surface area contributed by atoms with Crippen LogP contribution in [-0.2, 0) is 11.3 Å². The molecule has 23 heavy (non-hydrogen) atoms. The number of aliphatic imine (C=N–C) groups is 1. The maximum Gasteiger partial charge on any atom is 0.255 e. The molecule has 1 aromatic carbocycles. The van der Waals surface area contributed by atoms with E-state index in [-0.39, 0.29) is 0 Å². The molecule has 0 unspecified atom stereocenters. The summed E-state index contributed by atoms with van der Waals surface area (Å²) in [5.74, 6) is 1.08. The zero-order chi connectivity index (χ0) is 17.1. The molecule has 7 heteroatoms. The van der Waals surface area contributed by atoms with Crippen molar-refractivity contribution in [3.05, 3.63) is 29.3 Å². The van der Waals surface area contributed by atoms with Gasteiger partial charge in [0, 0.05) is 25.8 Å². The zero-order valence-electron chi connectivity index (χ0n) is 13.9. The van der Waals surface area contributed by atoms with E-state index in [1.807, 2.05) is 32.0 Å². The predicted octanol–water partition coefficient (Wildman–Crippen LogP) is 2.34. The molecule has 0 bridgehead atoms. The van der Waals surface area contributed by atoms with E-state index in [1.165, 1.54) is 7.05 Å². The molecule has 0 amide bonds. The summed E-state index contributed by atoms with van der Waals surface area (Å²) in [6, 6.07) is 5.86. The minimum Gasteiger partial charge on any atom is -0.491 e. The second-order valence-electron chi connectivity index (χ2n) is 4.85. The molecule has 1 aromatic rings. The monoisotopic (exact) mass is 329 g/mol. The van der Waals surface area contributed by atoms with Gasteiger partial charge in [0.05, 0.1) is 13.2 Å². The normalized spacial score (nSPS) is 11.7. The first-order chi connectivity index (χ1) is 11.1. The van der Waals surface area contributed by atoms with Gasteiger partial charge in [-0.1, -0.05) is 12.1 Å². The molecule has 0 aliphatic carbocycles. The number of ether oxygens (including phenoxy) is 2. The van der Waals surface area contributed by atoms with Gasteiger partial charge in [0.25, 0.3) is 6.43 Å². The van der Waals surface area contributed by atoms with Crippen molar-refractivity contribution in [3.8, 4) is 5.75 Å². The van der Waals surface area contributed by atoms with Crippen LogP contribution in [-0.4, -0.2) is 45.8 Å². The van der Waals surface area contributed by atoms with E-state index in [0.29, 0.717) is 32.3 Å². The first kappa shape index (κ1) is 19.2. The van der Waals surface area contributed by atoms with Crippen molar-refractivity contribution < 1.29 is 18.3 Å². The van der Waals surface area contributed by atoms with E-state index in [2.05, 4.69) is 15.6 Å². The predicted molar refractivity (Wildman–Crippen MR) is 87.4 cm³/mol. The number of benzene rings is 1. The lowest BCUT2D eigenvalue weighted by Gasteiger charge is -2.15. The molecule has 0 spiro atoms. The summed E-state index contributed by atoms with van der Waals surface area (Å²) in [7, 11) is 1.54. The Morgan fingerprint density at radius 1 is 1.26 bits per heavy atom. The Kier molecular flexibility index (Phi) is 8.97. The molecule has 5 nitrogen and oxygen atoms in total. The lowest BCUT2D eigenvalue weighted by Crippen LogP contribution is -2.39. The van der Waals surface area contributed by atoms with E-state index in [9.17, 15) is 8.78 Å². The molecule has 0 radical (unpaired) electrons. The second kappa shape index (κ2) is 10.8. The van der Waals surface area contributed by atoms with Gasteiger partial charge in [-0.3, -0.25) is 4.99 Å². The van der Waals surface area contributed by atoms with Gasteiger partial charge in [-0.25, -0.2) is 8.78 Å². The molecule has 0 fully saturated rings. The van der Waals surface area contributed by atoms with Crippen LogP contribution >= 0.6 is 0 Å². The summed E-state index contributed by atoms with van der Waals surface area (Å²) in [5.41, 5.74) is 2.01. The standard InChI is InChI=1S/C16H25F2N3O2/c1-4-22-7-8-23-14-9-12(2)5-6-13(14)10-20-16(19-3)21-11-15(17)18/h5-6,9,15H,4,7-8,10-11H2,1-3H3,(H2,19,20,21). The third-order valence-electron chi connectivity index (χ3n) is 3.01. The number of hydrogen-bond donors (Lipinski definition) is 2. The number of nitrogens with one attached hydrogen (secondary N) is 2. The van der Waals surface area contributed by atoms with Crippen LogP contribution in [0.5, 0.6) is 5.75 Å². The van der Waals surface area contributed by atoms with E-state index in [1.54, 1.807) is 0 Å². The fourth-order valence-corrected chi connectivity index (χ4v) is 1.87. The van der Waals surface area contributed by atoms with E-state index in [0.717, 1.165) is 16.9 Å². The Bertz CT molecular complexity index is 496. The quantitative estimate of drug-likeness (QED) is 0.415. The average molecular weight is 329 g/mol. The molecule has 0 aliphatic heterocycles. The van der Waals surface area contributed by atoms with Gasteiger partial charge in [0.15, 0.2) is 5.96 Å². The van der Waals surface area contributed by atoms with Crippen molar-refractivity contribution in [1.82, 2.24) is 10.6 Å². The van der Waals surface area contributed by atoms with Crippen molar-refractivity contribution in [2.24, 2.45) is 4.99 Å². The lowest BCUT2D eigenvalue weighted by molar-refractivity contribution is 0.110. The summed E-state index contributed by atoms with van der Waals surface area (Å²) < 4.78 is 35.4. The maximum atomic E-state index is 12.2. The van der Waals surface area contributed by atoms with Crippen molar-refractivity contribution in [2.75, 3.05) is 33.4 Å². The molecule has 0 aromatic heterocycles. The molecule has 2 N–H and O–H groups in total. The highest BCUT2D eigenvalue weighted by molar-refractivity contribution is 5.79. The Morgan fingerprint density at radius 3 is 2.70 bits per heavy atom. The summed E-state index contributed by atoms with van der Waals surface area (Å²) in [6.45, 7) is 5.53.